The Morgan fingerprint density at radius 1 is 1.30 bits per heavy atom. The summed E-state index contributed by atoms with van der Waals surface area (Å²) in [5, 5.41) is 3.37. The molecule has 0 saturated heterocycles. The van der Waals surface area contributed by atoms with Crippen molar-refractivity contribution < 1.29 is 4.74 Å². The molecule has 0 radical (unpaired) electrons. The van der Waals surface area contributed by atoms with Crippen molar-refractivity contribution in [1.29, 1.82) is 0 Å². The second kappa shape index (κ2) is 6.34. The van der Waals surface area contributed by atoms with Gasteiger partial charge >= 0.3 is 0 Å². The first-order valence-corrected chi connectivity index (χ1v) is 6.68. The van der Waals surface area contributed by atoms with Crippen LogP contribution >= 0.6 is 12.2 Å². The number of ether oxygens (including phenoxy) is 1. The molecule has 0 fully saturated rings. The number of thiocarbonyl (C=S) groups is 1. The SMILES string of the molecule is COc1ccc(C(C)Nc2cccnc2C(N)=S)cc1. The second-order valence-electron chi connectivity index (χ2n) is 4.40. The van der Waals surface area contributed by atoms with Gasteiger partial charge in [0.05, 0.1) is 12.8 Å². The summed E-state index contributed by atoms with van der Waals surface area (Å²) in [5.41, 5.74) is 8.27. The van der Waals surface area contributed by atoms with Gasteiger partial charge in [0.2, 0.25) is 0 Å². The van der Waals surface area contributed by atoms with Crippen molar-refractivity contribution in [3.05, 3.63) is 53.9 Å². The molecule has 1 atom stereocenters. The molecule has 5 heteroatoms. The summed E-state index contributed by atoms with van der Waals surface area (Å²) < 4.78 is 5.15. The maximum Gasteiger partial charge on any atom is 0.124 e. The summed E-state index contributed by atoms with van der Waals surface area (Å²) in [7, 11) is 1.65. The van der Waals surface area contributed by atoms with E-state index in [4.69, 9.17) is 22.7 Å². The third-order valence-corrected chi connectivity index (χ3v) is 3.22. The van der Waals surface area contributed by atoms with Crippen LogP contribution in [0.5, 0.6) is 5.75 Å². The van der Waals surface area contributed by atoms with Crippen LogP contribution in [0, 0.1) is 0 Å². The van der Waals surface area contributed by atoms with Gasteiger partial charge in [0.15, 0.2) is 0 Å². The van der Waals surface area contributed by atoms with Gasteiger partial charge < -0.3 is 15.8 Å². The largest absolute Gasteiger partial charge is 0.497 e. The fourth-order valence-electron chi connectivity index (χ4n) is 1.93. The van der Waals surface area contributed by atoms with E-state index in [0.717, 1.165) is 17.0 Å². The fourth-order valence-corrected chi connectivity index (χ4v) is 2.09. The number of rotatable bonds is 5. The van der Waals surface area contributed by atoms with Crippen LogP contribution in [0.2, 0.25) is 0 Å². The zero-order chi connectivity index (χ0) is 14.5. The van der Waals surface area contributed by atoms with E-state index >= 15 is 0 Å². The molecular weight excluding hydrogens is 270 g/mol. The molecule has 1 aromatic heterocycles. The van der Waals surface area contributed by atoms with Crippen LogP contribution in [0.25, 0.3) is 0 Å². The maximum absolute atomic E-state index is 5.68. The van der Waals surface area contributed by atoms with Crippen molar-refractivity contribution in [3.8, 4) is 5.75 Å². The van der Waals surface area contributed by atoms with Crippen LogP contribution in [0.15, 0.2) is 42.6 Å². The summed E-state index contributed by atoms with van der Waals surface area (Å²) in [5.74, 6) is 0.839. The first kappa shape index (κ1) is 14.3. The highest BCUT2D eigenvalue weighted by atomic mass is 32.1. The van der Waals surface area contributed by atoms with E-state index < -0.39 is 0 Å². The van der Waals surface area contributed by atoms with Crippen molar-refractivity contribution in [3.63, 3.8) is 0 Å². The fraction of sp³-hybridized carbons (Fsp3) is 0.200. The second-order valence-corrected chi connectivity index (χ2v) is 4.84. The monoisotopic (exact) mass is 287 g/mol. The predicted molar refractivity (Wildman–Crippen MR) is 85.2 cm³/mol. The average Bonchev–Trinajstić information content (AvgIpc) is 2.47. The minimum atomic E-state index is 0.109. The number of nitrogens with two attached hydrogens (primary N) is 1. The molecule has 0 aliphatic carbocycles. The lowest BCUT2D eigenvalue weighted by atomic mass is 10.1. The lowest BCUT2D eigenvalue weighted by Gasteiger charge is -2.17. The highest BCUT2D eigenvalue weighted by Gasteiger charge is 2.10. The Hall–Kier alpha value is -2.14. The number of aromatic nitrogens is 1. The third-order valence-electron chi connectivity index (χ3n) is 3.03. The zero-order valence-electron chi connectivity index (χ0n) is 11.5. The van der Waals surface area contributed by atoms with Crippen molar-refractivity contribution in [2.24, 2.45) is 5.73 Å². The van der Waals surface area contributed by atoms with Gasteiger partial charge in [0.1, 0.15) is 16.4 Å². The van der Waals surface area contributed by atoms with E-state index in [0.29, 0.717) is 5.69 Å². The molecule has 104 valence electrons. The summed E-state index contributed by atoms with van der Waals surface area (Å²) in [6.07, 6.45) is 1.68. The standard InChI is InChI=1S/C15H17N3OS/c1-10(11-5-7-12(19-2)8-6-11)18-13-4-3-9-17-14(13)15(16)20/h3-10,18H,1-2H3,(H2,16,20). The topological polar surface area (TPSA) is 60.2 Å². The molecule has 2 rings (SSSR count). The van der Waals surface area contributed by atoms with Gasteiger partial charge in [-0.2, -0.15) is 0 Å². The van der Waals surface area contributed by atoms with Gasteiger partial charge in [-0.25, -0.2) is 0 Å². The normalized spacial score (nSPS) is 11.7. The van der Waals surface area contributed by atoms with Gasteiger partial charge in [0, 0.05) is 12.2 Å². The minimum Gasteiger partial charge on any atom is -0.497 e. The van der Waals surface area contributed by atoms with Crippen LogP contribution < -0.4 is 15.8 Å². The number of nitrogens with one attached hydrogen (secondary N) is 1. The van der Waals surface area contributed by atoms with Crippen LogP contribution in [-0.2, 0) is 0 Å². The molecule has 0 bridgehead atoms. The summed E-state index contributed by atoms with van der Waals surface area (Å²) in [6.45, 7) is 2.07. The molecule has 1 unspecified atom stereocenters. The number of hydrogen-bond acceptors (Lipinski definition) is 4. The molecule has 2 aromatic rings. The van der Waals surface area contributed by atoms with Crippen LogP contribution in [0.1, 0.15) is 24.2 Å². The van der Waals surface area contributed by atoms with E-state index in [-0.39, 0.29) is 11.0 Å². The Morgan fingerprint density at radius 3 is 2.60 bits per heavy atom. The van der Waals surface area contributed by atoms with Crippen LogP contribution in [0.3, 0.4) is 0 Å². The average molecular weight is 287 g/mol. The predicted octanol–water partition coefficient (Wildman–Crippen LogP) is 2.90. The summed E-state index contributed by atoms with van der Waals surface area (Å²) >= 11 is 5.01. The quantitative estimate of drug-likeness (QED) is 0.828. The lowest BCUT2D eigenvalue weighted by molar-refractivity contribution is 0.414. The van der Waals surface area contributed by atoms with Gasteiger partial charge in [-0.1, -0.05) is 24.4 Å². The van der Waals surface area contributed by atoms with Crippen molar-refractivity contribution >= 4 is 22.9 Å². The molecule has 0 aliphatic rings. The zero-order valence-corrected chi connectivity index (χ0v) is 12.3. The van der Waals surface area contributed by atoms with E-state index in [1.807, 2.05) is 36.4 Å². The van der Waals surface area contributed by atoms with Crippen molar-refractivity contribution in [2.75, 3.05) is 12.4 Å². The molecule has 4 nitrogen and oxygen atoms in total. The number of hydrogen-bond donors (Lipinski definition) is 2. The lowest BCUT2D eigenvalue weighted by Crippen LogP contribution is -2.16. The van der Waals surface area contributed by atoms with Gasteiger partial charge in [-0.15, -0.1) is 0 Å². The van der Waals surface area contributed by atoms with Crippen molar-refractivity contribution in [2.45, 2.75) is 13.0 Å². The van der Waals surface area contributed by atoms with E-state index in [2.05, 4.69) is 17.2 Å². The van der Waals surface area contributed by atoms with Crippen LogP contribution in [0.4, 0.5) is 5.69 Å². The first-order chi connectivity index (χ1) is 9.61. The highest BCUT2D eigenvalue weighted by Crippen LogP contribution is 2.23. The number of pyridine rings is 1. The Morgan fingerprint density at radius 2 is 2.00 bits per heavy atom. The molecule has 0 amide bonds. The number of methoxy groups -OCH3 is 1. The molecule has 0 spiro atoms. The summed E-state index contributed by atoms with van der Waals surface area (Å²) in [6, 6.07) is 11.8. The number of anilines is 1. The van der Waals surface area contributed by atoms with Gasteiger partial charge in [-0.3, -0.25) is 4.98 Å². The Balaban J connectivity index is 2.18. The molecule has 0 saturated carbocycles. The van der Waals surface area contributed by atoms with Gasteiger partial charge in [-0.05, 0) is 36.8 Å². The highest BCUT2D eigenvalue weighted by molar-refractivity contribution is 7.80. The van der Waals surface area contributed by atoms with Crippen molar-refractivity contribution in [1.82, 2.24) is 4.98 Å². The van der Waals surface area contributed by atoms with Gasteiger partial charge in [0.25, 0.3) is 0 Å². The molecule has 0 aliphatic heterocycles. The smallest absolute Gasteiger partial charge is 0.124 e. The molecule has 1 heterocycles. The molecule has 3 N–H and O–H groups in total. The van der Waals surface area contributed by atoms with Crippen LogP contribution in [-0.4, -0.2) is 17.1 Å². The Labute approximate surface area is 124 Å². The maximum atomic E-state index is 5.68. The minimum absolute atomic E-state index is 0.109. The molecular formula is C15H17N3OS. The number of benzene rings is 1. The number of nitrogens with zero attached hydrogens (tertiary/aromatic N) is 1. The Bertz CT molecular complexity index is 598. The Kier molecular flexibility index (Phi) is 4.53. The van der Waals surface area contributed by atoms with E-state index in [1.165, 1.54) is 0 Å². The molecule has 1 aromatic carbocycles. The van der Waals surface area contributed by atoms with E-state index in [1.54, 1.807) is 13.3 Å². The first-order valence-electron chi connectivity index (χ1n) is 6.27. The molecule has 20 heavy (non-hydrogen) atoms. The third kappa shape index (κ3) is 3.24. The van der Waals surface area contributed by atoms with E-state index in [9.17, 15) is 0 Å². The summed E-state index contributed by atoms with van der Waals surface area (Å²) in [4.78, 5) is 4.49.